The van der Waals surface area contributed by atoms with Gasteiger partial charge in [0, 0.05) is 12.0 Å². The summed E-state index contributed by atoms with van der Waals surface area (Å²) in [4.78, 5) is 23.4. The molecule has 0 aromatic carbocycles. The minimum Gasteiger partial charge on any atom is -0.460 e. The van der Waals surface area contributed by atoms with Crippen molar-refractivity contribution in [3.63, 3.8) is 0 Å². The molecule has 0 aliphatic heterocycles. The first kappa shape index (κ1) is 20.4. The van der Waals surface area contributed by atoms with Gasteiger partial charge in [-0.05, 0) is 57.7 Å². The van der Waals surface area contributed by atoms with Crippen molar-refractivity contribution in [1.82, 2.24) is 0 Å². The van der Waals surface area contributed by atoms with Gasteiger partial charge in [-0.25, -0.2) is 0 Å². The molecule has 0 amide bonds. The second-order valence-electron chi connectivity index (χ2n) is 9.33. The summed E-state index contributed by atoms with van der Waals surface area (Å²) in [5.41, 5.74) is -0.477. The van der Waals surface area contributed by atoms with Crippen LogP contribution in [-0.2, 0) is 18.8 Å². The molecule has 1 aliphatic carbocycles. The Labute approximate surface area is 142 Å². The van der Waals surface area contributed by atoms with Crippen LogP contribution in [0.1, 0.15) is 60.8 Å². The summed E-state index contributed by atoms with van der Waals surface area (Å²) >= 11 is 0. The van der Waals surface area contributed by atoms with Crippen molar-refractivity contribution in [2.45, 2.75) is 90.6 Å². The van der Waals surface area contributed by atoms with Crippen LogP contribution in [0.2, 0.25) is 18.1 Å². The molecule has 0 N–H and O–H groups in total. The maximum absolute atomic E-state index is 12.2. The molecule has 1 saturated carbocycles. The summed E-state index contributed by atoms with van der Waals surface area (Å²) in [5, 5.41) is 0.114. The Bertz CT molecular complexity index is 431. The Balaban J connectivity index is 2.79. The normalized spacial score (nSPS) is 26.2. The first-order valence-corrected chi connectivity index (χ1v) is 11.5. The summed E-state index contributed by atoms with van der Waals surface area (Å²) < 4.78 is 12.0. The van der Waals surface area contributed by atoms with Crippen molar-refractivity contribution in [3.05, 3.63) is 0 Å². The van der Waals surface area contributed by atoms with Crippen molar-refractivity contribution in [2.24, 2.45) is 11.8 Å². The van der Waals surface area contributed by atoms with E-state index in [1.165, 1.54) is 0 Å². The standard InChI is InChI=1S/C18H34O4Si/c1-17(2,3)21-16(20)11-14-9-13(12-19)10-15(14)22-23(7,8)18(4,5)6/h12-15H,9-11H2,1-8H3. The molecule has 23 heavy (non-hydrogen) atoms. The zero-order valence-corrected chi connectivity index (χ0v) is 17.1. The first-order chi connectivity index (χ1) is 10.2. The van der Waals surface area contributed by atoms with Crippen molar-refractivity contribution in [3.8, 4) is 0 Å². The van der Waals surface area contributed by atoms with E-state index in [1.54, 1.807) is 0 Å². The Kier molecular flexibility index (Phi) is 6.25. The maximum Gasteiger partial charge on any atom is 0.306 e. The molecule has 0 aromatic rings. The van der Waals surface area contributed by atoms with Crippen molar-refractivity contribution >= 4 is 20.6 Å². The second-order valence-corrected chi connectivity index (χ2v) is 14.1. The molecule has 5 heteroatoms. The third-order valence-electron chi connectivity index (χ3n) is 4.96. The van der Waals surface area contributed by atoms with Gasteiger partial charge in [-0.1, -0.05) is 20.8 Å². The zero-order chi connectivity index (χ0) is 18.1. The predicted octanol–water partition coefficient (Wildman–Crippen LogP) is 4.33. The zero-order valence-electron chi connectivity index (χ0n) is 16.1. The summed E-state index contributed by atoms with van der Waals surface area (Å²) in [6.45, 7) is 16.7. The van der Waals surface area contributed by atoms with E-state index in [4.69, 9.17) is 9.16 Å². The number of aldehydes is 1. The van der Waals surface area contributed by atoms with Gasteiger partial charge in [0.1, 0.15) is 11.9 Å². The molecular weight excluding hydrogens is 308 g/mol. The fraction of sp³-hybridized carbons (Fsp3) is 0.889. The van der Waals surface area contributed by atoms with E-state index in [9.17, 15) is 9.59 Å². The molecule has 1 aliphatic rings. The molecule has 1 rings (SSSR count). The highest BCUT2D eigenvalue weighted by Gasteiger charge is 2.44. The smallest absolute Gasteiger partial charge is 0.306 e. The van der Waals surface area contributed by atoms with Gasteiger partial charge in [0.2, 0.25) is 0 Å². The highest BCUT2D eigenvalue weighted by molar-refractivity contribution is 6.74. The molecule has 0 radical (unpaired) electrons. The SMILES string of the molecule is CC(C)(C)OC(=O)CC1CC(C=O)CC1O[Si](C)(C)C(C)(C)C. The van der Waals surface area contributed by atoms with Gasteiger partial charge in [0.05, 0.1) is 6.42 Å². The van der Waals surface area contributed by atoms with Gasteiger partial charge in [0.15, 0.2) is 8.32 Å². The molecule has 4 nitrogen and oxygen atoms in total. The average molecular weight is 343 g/mol. The third-order valence-corrected chi connectivity index (χ3v) is 9.46. The van der Waals surface area contributed by atoms with Crippen LogP contribution in [0.25, 0.3) is 0 Å². The Morgan fingerprint density at radius 2 is 1.70 bits per heavy atom. The molecule has 0 saturated heterocycles. The quantitative estimate of drug-likeness (QED) is 0.424. The van der Waals surface area contributed by atoms with Crippen LogP contribution in [0.5, 0.6) is 0 Å². The number of ether oxygens (including phenoxy) is 1. The molecule has 1 fully saturated rings. The highest BCUT2D eigenvalue weighted by Crippen LogP contribution is 2.42. The number of hydrogen-bond donors (Lipinski definition) is 0. The molecule has 0 bridgehead atoms. The molecule has 0 spiro atoms. The Hall–Kier alpha value is -0.683. The molecule has 134 valence electrons. The van der Waals surface area contributed by atoms with Crippen LogP contribution < -0.4 is 0 Å². The summed E-state index contributed by atoms with van der Waals surface area (Å²) in [7, 11) is -1.92. The van der Waals surface area contributed by atoms with Crippen LogP contribution >= 0.6 is 0 Å². The van der Waals surface area contributed by atoms with E-state index in [-0.39, 0.29) is 28.9 Å². The maximum atomic E-state index is 12.2. The van der Waals surface area contributed by atoms with E-state index in [0.29, 0.717) is 6.42 Å². The van der Waals surface area contributed by atoms with Gasteiger partial charge in [-0.2, -0.15) is 0 Å². The van der Waals surface area contributed by atoms with Crippen LogP contribution in [0, 0.1) is 11.8 Å². The van der Waals surface area contributed by atoms with Gasteiger partial charge < -0.3 is 14.0 Å². The number of hydrogen-bond acceptors (Lipinski definition) is 4. The monoisotopic (exact) mass is 342 g/mol. The average Bonchev–Trinajstić information content (AvgIpc) is 2.66. The van der Waals surface area contributed by atoms with Gasteiger partial charge in [0.25, 0.3) is 0 Å². The number of carbonyl (C=O) groups is 2. The lowest BCUT2D eigenvalue weighted by Crippen LogP contribution is -2.45. The third kappa shape index (κ3) is 6.03. The first-order valence-electron chi connectivity index (χ1n) is 8.60. The molecule has 0 heterocycles. The van der Waals surface area contributed by atoms with Crippen molar-refractivity contribution in [1.29, 1.82) is 0 Å². The van der Waals surface area contributed by atoms with Crippen molar-refractivity contribution < 1.29 is 18.8 Å². The van der Waals surface area contributed by atoms with E-state index in [1.807, 2.05) is 20.8 Å². The van der Waals surface area contributed by atoms with Gasteiger partial charge in [-0.3, -0.25) is 4.79 Å². The topological polar surface area (TPSA) is 52.6 Å². The van der Waals surface area contributed by atoms with E-state index in [0.717, 1.165) is 19.1 Å². The van der Waals surface area contributed by atoms with Crippen LogP contribution in [0.4, 0.5) is 0 Å². The van der Waals surface area contributed by atoms with Crippen LogP contribution in [-0.4, -0.2) is 32.3 Å². The van der Waals surface area contributed by atoms with Crippen LogP contribution in [0.3, 0.4) is 0 Å². The van der Waals surface area contributed by atoms with Gasteiger partial charge in [-0.15, -0.1) is 0 Å². The summed E-state index contributed by atoms with van der Waals surface area (Å²) in [6.07, 6.45) is 2.78. The lowest BCUT2D eigenvalue weighted by atomic mass is 10.0. The highest BCUT2D eigenvalue weighted by atomic mass is 28.4. The fourth-order valence-electron chi connectivity index (χ4n) is 2.75. The molecule has 3 unspecified atom stereocenters. The lowest BCUT2D eigenvalue weighted by molar-refractivity contribution is -0.156. The fourth-order valence-corrected chi connectivity index (χ4v) is 4.15. The molecular formula is C18H34O4Si. The summed E-state index contributed by atoms with van der Waals surface area (Å²) in [6, 6.07) is 0. The number of carbonyl (C=O) groups excluding carboxylic acids is 2. The largest absolute Gasteiger partial charge is 0.460 e. The minimum atomic E-state index is -1.92. The summed E-state index contributed by atoms with van der Waals surface area (Å²) in [5.74, 6) is -0.121. The minimum absolute atomic E-state index is 0.00259. The van der Waals surface area contributed by atoms with Crippen LogP contribution in [0.15, 0.2) is 0 Å². The predicted molar refractivity (Wildman–Crippen MR) is 94.8 cm³/mol. The van der Waals surface area contributed by atoms with Crippen molar-refractivity contribution in [2.75, 3.05) is 0 Å². The Morgan fingerprint density at radius 1 is 1.13 bits per heavy atom. The number of rotatable bonds is 5. The van der Waals surface area contributed by atoms with E-state index >= 15 is 0 Å². The van der Waals surface area contributed by atoms with E-state index in [2.05, 4.69) is 33.9 Å². The number of esters is 1. The van der Waals surface area contributed by atoms with E-state index < -0.39 is 13.9 Å². The van der Waals surface area contributed by atoms with Gasteiger partial charge >= 0.3 is 5.97 Å². The lowest BCUT2D eigenvalue weighted by Gasteiger charge is -2.39. The second kappa shape index (κ2) is 7.05. The Morgan fingerprint density at radius 3 is 2.13 bits per heavy atom. The molecule has 0 aromatic heterocycles. The molecule has 3 atom stereocenters.